The van der Waals surface area contributed by atoms with Crippen molar-refractivity contribution < 1.29 is 9.53 Å². The lowest BCUT2D eigenvalue weighted by Gasteiger charge is -2.16. The Kier molecular flexibility index (Phi) is 5.69. The third-order valence-electron chi connectivity index (χ3n) is 3.02. The van der Waals surface area contributed by atoms with Gasteiger partial charge in [-0.15, -0.1) is 0 Å². The minimum Gasteiger partial charge on any atom is -0.461 e. The fraction of sp³-hybridized carbons (Fsp3) is 0.917. The molecule has 0 aromatic rings. The van der Waals surface area contributed by atoms with E-state index in [0.717, 1.165) is 32.1 Å². The van der Waals surface area contributed by atoms with E-state index in [4.69, 9.17) is 10.5 Å². The Labute approximate surface area is 92.4 Å². The van der Waals surface area contributed by atoms with Gasteiger partial charge in [0.1, 0.15) is 6.10 Å². The highest BCUT2D eigenvalue weighted by molar-refractivity contribution is 5.69. The van der Waals surface area contributed by atoms with Gasteiger partial charge in [-0.05, 0) is 25.7 Å². The van der Waals surface area contributed by atoms with Crippen LogP contribution in [0.2, 0.25) is 0 Å². The zero-order valence-corrected chi connectivity index (χ0v) is 9.71. The molecule has 0 spiro atoms. The standard InChI is InChI=1S/C12H23NO2/c1-2-3-4-5-9-12(14)15-11-8-6-7-10(11)13/h10-11H,2-9,13H2,1H3. The van der Waals surface area contributed by atoms with E-state index in [9.17, 15) is 4.79 Å². The Balaban J connectivity index is 2.07. The maximum Gasteiger partial charge on any atom is 0.306 e. The van der Waals surface area contributed by atoms with Crippen LogP contribution in [0.3, 0.4) is 0 Å². The number of hydrogen-bond donors (Lipinski definition) is 1. The summed E-state index contributed by atoms with van der Waals surface area (Å²) < 4.78 is 5.34. The molecule has 1 aliphatic carbocycles. The van der Waals surface area contributed by atoms with Crippen molar-refractivity contribution in [1.82, 2.24) is 0 Å². The van der Waals surface area contributed by atoms with Crippen molar-refractivity contribution >= 4 is 5.97 Å². The number of carbonyl (C=O) groups is 1. The average Bonchev–Trinajstić information content (AvgIpc) is 2.59. The Morgan fingerprint density at radius 1 is 1.33 bits per heavy atom. The summed E-state index contributed by atoms with van der Waals surface area (Å²) in [5.74, 6) is -0.0616. The highest BCUT2D eigenvalue weighted by Crippen LogP contribution is 2.21. The van der Waals surface area contributed by atoms with Crippen LogP contribution < -0.4 is 5.73 Å². The molecule has 1 saturated carbocycles. The van der Waals surface area contributed by atoms with Crippen LogP contribution >= 0.6 is 0 Å². The molecule has 0 saturated heterocycles. The largest absolute Gasteiger partial charge is 0.461 e. The van der Waals surface area contributed by atoms with Gasteiger partial charge in [0, 0.05) is 12.5 Å². The summed E-state index contributed by atoms with van der Waals surface area (Å²) in [6, 6.07) is 0.0737. The first-order valence-electron chi connectivity index (χ1n) is 6.19. The van der Waals surface area contributed by atoms with Gasteiger partial charge in [0.2, 0.25) is 0 Å². The molecule has 0 radical (unpaired) electrons. The van der Waals surface area contributed by atoms with Gasteiger partial charge >= 0.3 is 5.97 Å². The predicted octanol–water partition coefficient (Wildman–Crippen LogP) is 2.38. The van der Waals surface area contributed by atoms with Crippen molar-refractivity contribution in [3.8, 4) is 0 Å². The second-order valence-corrected chi connectivity index (χ2v) is 4.43. The molecule has 88 valence electrons. The molecule has 1 aliphatic rings. The zero-order valence-electron chi connectivity index (χ0n) is 9.71. The highest BCUT2D eigenvalue weighted by Gasteiger charge is 2.26. The molecule has 2 N–H and O–H groups in total. The topological polar surface area (TPSA) is 52.3 Å². The van der Waals surface area contributed by atoms with Gasteiger partial charge in [-0.2, -0.15) is 0 Å². The first-order valence-corrected chi connectivity index (χ1v) is 6.19. The van der Waals surface area contributed by atoms with Crippen molar-refractivity contribution in [3.63, 3.8) is 0 Å². The summed E-state index contributed by atoms with van der Waals surface area (Å²) in [7, 11) is 0. The van der Waals surface area contributed by atoms with E-state index in [-0.39, 0.29) is 18.1 Å². The van der Waals surface area contributed by atoms with Crippen LogP contribution in [0.15, 0.2) is 0 Å². The second kappa shape index (κ2) is 6.83. The first-order chi connectivity index (χ1) is 7.24. The summed E-state index contributed by atoms with van der Waals surface area (Å²) in [4.78, 5) is 11.4. The number of hydrogen-bond acceptors (Lipinski definition) is 3. The number of ether oxygens (including phenoxy) is 1. The van der Waals surface area contributed by atoms with E-state index >= 15 is 0 Å². The molecule has 3 nitrogen and oxygen atoms in total. The Bertz CT molecular complexity index is 194. The minimum absolute atomic E-state index is 0.0105. The predicted molar refractivity (Wildman–Crippen MR) is 60.5 cm³/mol. The van der Waals surface area contributed by atoms with E-state index in [1.54, 1.807) is 0 Å². The number of carbonyl (C=O) groups excluding carboxylic acids is 1. The third-order valence-corrected chi connectivity index (χ3v) is 3.02. The van der Waals surface area contributed by atoms with E-state index in [0.29, 0.717) is 6.42 Å². The summed E-state index contributed by atoms with van der Waals surface area (Å²) >= 11 is 0. The van der Waals surface area contributed by atoms with Crippen molar-refractivity contribution in [3.05, 3.63) is 0 Å². The molecular formula is C12H23NO2. The monoisotopic (exact) mass is 213 g/mol. The molecule has 0 aromatic heterocycles. The van der Waals surface area contributed by atoms with E-state index < -0.39 is 0 Å². The molecule has 2 atom stereocenters. The van der Waals surface area contributed by atoms with Gasteiger partial charge in [0.05, 0.1) is 0 Å². The van der Waals surface area contributed by atoms with Gasteiger partial charge in [-0.1, -0.05) is 26.2 Å². The van der Waals surface area contributed by atoms with Gasteiger partial charge in [-0.3, -0.25) is 4.79 Å². The van der Waals surface area contributed by atoms with Crippen LogP contribution in [-0.2, 0) is 9.53 Å². The van der Waals surface area contributed by atoms with Gasteiger partial charge < -0.3 is 10.5 Å². The van der Waals surface area contributed by atoms with Crippen LogP contribution in [-0.4, -0.2) is 18.1 Å². The van der Waals surface area contributed by atoms with Crippen molar-refractivity contribution in [2.24, 2.45) is 5.73 Å². The molecule has 1 fully saturated rings. The SMILES string of the molecule is CCCCCCC(=O)OC1CCCC1N. The first kappa shape index (κ1) is 12.5. The summed E-state index contributed by atoms with van der Waals surface area (Å²) in [6.07, 6.45) is 8.06. The molecule has 3 heteroatoms. The number of nitrogens with two attached hydrogens (primary N) is 1. The van der Waals surface area contributed by atoms with E-state index in [1.165, 1.54) is 12.8 Å². The molecule has 0 aromatic carbocycles. The van der Waals surface area contributed by atoms with E-state index in [1.807, 2.05) is 0 Å². The molecule has 15 heavy (non-hydrogen) atoms. The molecule has 1 rings (SSSR count). The lowest BCUT2D eigenvalue weighted by Crippen LogP contribution is -2.33. The van der Waals surface area contributed by atoms with Crippen molar-refractivity contribution in [1.29, 1.82) is 0 Å². The Morgan fingerprint density at radius 2 is 2.13 bits per heavy atom. The third kappa shape index (κ3) is 4.65. The average molecular weight is 213 g/mol. The maximum atomic E-state index is 11.4. The number of unbranched alkanes of at least 4 members (excludes halogenated alkanes) is 3. The van der Waals surface area contributed by atoms with Gasteiger partial charge in [-0.25, -0.2) is 0 Å². The lowest BCUT2D eigenvalue weighted by atomic mass is 10.1. The number of rotatable bonds is 6. The summed E-state index contributed by atoms with van der Waals surface area (Å²) in [5.41, 5.74) is 5.83. The highest BCUT2D eigenvalue weighted by atomic mass is 16.5. The molecule has 0 aliphatic heterocycles. The van der Waals surface area contributed by atoms with Crippen molar-refractivity contribution in [2.75, 3.05) is 0 Å². The minimum atomic E-state index is -0.0616. The second-order valence-electron chi connectivity index (χ2n) is 4.43. The van der Waals surface area contributed by atoms with Gasteiger partial charge in [0.15, 0.2) is 0 Å². The quantitative estimate of drug-likeness (QED) is 0.544. The van der Waals surface area contributed by atoms with Gasteiger partial charge in [0.25, 0.3) is 0 Å². The summed E-state index contributed by atoms with van der Waals surface area (Å²) in [5, 5.41) is 0. The van der Waals surface area contributed by atoms with Crippen LogP contribution in [0.4, 0.5) is 0 Å². The Morgan fingerprint density at radius 3 is 2.73 bits per heavy atom. The Hall–Kier alpha value is -0.570. The fourth-order valence-corrected chi connectivity index (χ4v) is 2.02. The smallest absolute Gasteiger partial charge is 0.306 e. The number of esters is 1. The van der Waals surface area contributed by atoms with Crippen molar-refractivity contribution in [2.45, 2.75) is 70.4 Å². The van der Waals surface area contributed by atoms with Crippen LogP contribution in [0, 0.1) is 0 Å². The van der Waals surface area contributed by atoms with Crippen LogP contribution in [0.5, 0.6) is 0 Å². The molecular weight excluding hydrogens is 190 g/mol. The van der Waals surface area contributed by atoms with E-state index in [2.05, 4.69) is 6.92 Å². The lowest BCUT2D eigenvalue weighted by molar-refractivity contribution is -0.149. The zero-order chi connectivity index (χ0) is 11.1. The normalized spacial score (nSPS) is 25.5. The van der Waals surface area contributed by atoms with Crippen LogP contribution in [0.25, 0.3) is 0 Å². The molecule has 2 unspecified atom stereocenters. The molecule has 0 amide bonds. The molecule has 0 bridgehead atoms. The van der Waals surface area contributed by atoms with Crippen LogP contribution in [0.1, 0.15) is 58.3 Å². The summed E-state index contributed by atoms with van der Waals surface area (Å²) in [6.45, 7) is 2.16. The maximum absolute atomic E-state index is 11.4. The molecule has 0 heterocycles. The fourth-order valence-electron chi connectivity index (χ4n) is 2.02.